The van der Waals surface area contributed by atoms with E-state index in [0.29, 0.717) is 33.8 Å². The molecule has 0 radical (unpaired) electrons. The first-order chi connectivity index (χ1) is 15.5. The van der Waals surface area contributed by atoms with Crippen molar-refractivity contribution < 1.29 is 33.1 Å². The predicted octanol–water partition coefficient (Wildman–Crippen LogP) is 3.26. The largest absolute Gasteiger partial charge is 0.467 e. The summed E-state index contributed by atoms with van der Waals surface area (Å²) in [6.45, 7) is 0.167. The molecule has 0 fully saturated rings. The van der Waals surface area contributed by atoms with Gasteiger partial charge in [-0.05, 0) is 42.5 Å². The molecular weight excluding hydrogens is 421 g/mol. The molecule has 5 rings (SSSR count). The third kappa shape index (κ3) is 3.36. The highest BCUT2D eigenvalue weighted by Gasteiger charge is 2.36. The Hall–Kier alpha value is -4.18. The molecule has 0 saturated carbocycles. The lowest BCUT2D eigenvalue weighted by molar-refractivity contribution is -0.112. The SMILES string of the molecule is O=C(Nc1ccc2c(c1)N(Cc1cc(F)cc3c1OCOC3)C(=O)/C2=N\O)c1ccco1. The zero-order chi connectivity index (χ0) is 22.2. The second-order valence-corrected chi connectivity index (χ2v) is 7.17. The smallest absolute Gasteiger partial charge is 0.291 e. The molecule has 10 heteroatoms. The Kier molecular flexibility index (Phi) is 4.83. The molecule has 162 valence electrons. The van der Waals surface area contributed by atoms with Crippen LogP contribution in [-0.2, 0) is 22.7 Å². The molecule has 0 unspecified atom stereocenters. The maximum absolute atomic E-state index is 14.2. The number of carbonyl (C=O) groups is 2. The van der Waals surface area contributed by atoms with Crippen molar-refractivity contribution in [3.63, 3.8) is 0 Å². The Labute approximate surface area is 180 Å². The van der Waals surface area contributed by atoms with Crippen molar-refractivity contribution in [1.29, 1.82) is 0 Å². The number of halogens is 1. The summed E-state index contributed by atoms with van der Waals surface area (Å²) in [5.74, 6) is -0.947. The number of carbonyl (C=O) groups excluding carboxylic acids is 2. The van der Waals surface area contributed by atoms with Gasteiger partial charge in [0.25, 0.3) is 11.8 Å². The number of fused-ring (bicyclic) bond motifs is 2. The van der Waals surface area contributed by atoms with Gasteiger partial charge in [-0.15, -0.1) is 0 Å². The molecule has 3 aromatic rings. The van der Waals surface area contributed by atoms with E-state index in [1.807, 2.05) is 0 Å². The van der Waals surface area contributed by atoms with Crippen molar-refractivity contribution in [3.8, 4) is 5.75 Å². The molecule has 2 aliphatic rings. The van der Waals surface area contributed by atoms with Crippen molar-refractivity contribution in [3.05, 3.63) is 77.0 Å². The number of oxime groups is 1. The van der Waals surface area contributed by atoms with E-state index in [1.54, 1.807) is 24.3 Å². The van der Waals surface area contributed by atoms with E-state index in [1.165, 1.54) is 29.4 Å². The molecule has 2 aromatic carbocycles. The first-order valence-electron chi connectivity index (χ1n) is 9.60. The van der Waals surface area contributed by atoms with Crippen LogP contribution in [0.5, 0.6) is 5.75 Å². The van der Waals surface area contributed by atoms with Gasteiger partial charge in [0.2, 0.25) is 0 Å². The first-order valence-corrected chi connectivity index (χ1v) is 9.60. The average molecular weight is 437 g/mol. The van der Waals surface area contributed by atoms with Crippen molar-refractivity contribution in [2.24, 2.45) is 5.16 Å². The second-order valence-electron chi connectivity index (χ2n) is 7.17. The van der Waals surface area contributed by atoms with E-state index in [2.05, 4.69) is 10.5 Å². The van der Waals surface area contributed by atoms with Crippen LogP contribution in [0.25, 0.3) is 0 Å². The molecular formula is C22H16FN3O6. The van der Waals surface area contributed by atoms with Crippen LogP contribution in [0.15, 0.2) is 58.3 Å². The van der Waals surface area contributed by atoms with Crippen LogP contribution in [0.3, 0.4) is 0 Å². The maximum atomic E-state index is 14.2. The molecule has 9 nitrogen and oxygen atoms in total. The van der Waals surface area contributed by atoms with Crippen molar-refractivity contribution in [1.82, 2.24) is 0 Å². The summed E-state index contributed by atoms with van der Waals surface area (Å²) >= 11 is 0. The predicted molar refractivity (Wildman–Crippen MR) is 109 cm³/mol. The average Bonchev–Trinajstić information content (AvgIpc) is 3.41. The fraction of sp³-hybridized carbons (Fsp3) is 0.136. The standard InChI is InChI=1S/C22H16FN3O6/c23-14-6-12(20-13(7-14)10-30-11-32-20)9-26-17-8-15(24-21(27)18-2-1-5-31-18)3-4-16(17)19(25-29)22(26)28/h1-8,29H,9-11H2,(H,24,27)/b25-19-. The summed E-state index contributed by atoms with van der Waals surface area (Å²) in [5, 5.41) is 15.2. The summed E-state index contributed by atoms with van der Waals surface area (Å²) in [4.78, 5) is 26.6. The summed E-state index contributed by atoms with van der Waals surface area (Å²) < 4.78 is 30.0. The second kappa shape index (κ2) is 7.82. The third-order valence-corrected chi connectivity index (χ3v) is 5.17. The molecule has 0 aliphatic carbocycles. The van der Waals surface area contributed by atoms with Gasteiger partial charge in [-0.25, -0.2) is 4.39 Å². The molecule has 2 amide bonds. The van der Waals surface area contributed by atoms with Crippen molar-refractivity contribution in [2.45, 2.75) is 13.2 Å². The van der Waals surface area contributed by atoms with Gasteiger partial charge in [0.1, 0.15) is 11.6 Å². The maximum Gasteiger partial charge on any atom is 0.291 e. The number of furan rings is 1. The number of anilines is 2. The number of amides is 2. The van der Waals surface area contributed by atoms with E-state index in [9.17, 15) is 19.2 Å². The number of rotatable bonds is 4. The minimum atomic E-state index is -0.568. The van der Waals surface area contributed by atoms with Crippen LogP contribution >= 0.6 is 0 Å². The first kappa shape index (κ1) is 19.8. The highest BCUT2D eigenvalue weighted by molar-refractivity contribution is 6.54. The topological polar surface area (TPSA) is 114 Å². The van der Waals surface area contributed by atoms with E-state index in [-0.39, 0.29) is 31.4 Å². The minimum absolute atomic E-state index is 0.0163. The fourth-order valence-electron chi connectivity index (χ4n) is 3.78. The van der Waals surface area contributed by atoms with Gasteiger partial charge in [-0.1, -0.05) is 5.16 Å². The summed E-state index contributed by atoms with van der Waals surface area (Å²) in [7, 11) is 0. The lowest BCUT2D eigenvalue weighted by Crippen LogP contribution is -2.30. The number of hydrogen-bond acceptors (Lipinski definition) is 7. The Morgan fingerprint density at radius 2 is 2.12 bits per heavy atom. The molecule has 2 aliphatic heterocycles. The number of nitrogens with one attached hydrogen (secondary N) is 1. The van der Waals surface area contributed by atoms with Crippen LogP contribution in [0.4, 0.5) is 15.8 Å². The Morgan fingerprint density at radius 1 is 1.25 bits per heavy atom. The zero-order valence-electron chi connectivity index (χ0n) is 16.5. The molecule has 3 heterocycles. The quantitative estimate of drug-likeness (QED) is 0.479. The van der Waals surface area contributed by atoms with Gasteiger partial charge in [0.15, 0.2) is 18.3 Å². The van der Waals surface area contributed by atoms with E-state index in [4.69, 9.17) is 13.9 Å². The highest BCUT2D eigenvalue weighted by Crippen LogP contribution is 2.36. The monoisotopic (exact) mass is 437 g/mol. The van der Waals surface area contributed by atoms with Crippen LogP contribution < -0.4 is 15.0 Å². The Bertz CT molecular complexity index is 1250. The van der Waals surface area contributed by atoms with E-state index in [0.717, 1.165) is 0 Å². The summed E-state index contributed by atoms with van der Waals surface area (Å²) in [6.07, 6.45) is 1.38. The van der Waals surface area contributed by atoms with Gasteiger partial charge in [-0.3, -0.25) is 9.59 Å². The van der Waals surface area contributed by atoms with Gasteiger partial charge in [0.05, 0.1) is 25.1 Å². The Morgan fingerprint density at radius 3 is 2.91 bits per heavy atom. The fourth-order valence-corrected chi connectivity index (χ4v) is 3.78. The van der Waals surface area contributed by atoms with E-state index < -0.39 is 17.6 Å². The molecule has 0 spiro atoms. The van der Waals surface area contributed by atoms with Crippen LogP contribution in [0, 0.1) is 5.82 Å². The summed E-state index contributed by atoms with van der Waals surface area (Å²) in [5.41, 5.74) is 1.99. The summed E-state index contributed by atoms with van der Waals surface area (Å²) in [6, 6.07) is 10.4. The van der Waals surface area contributed by atoms with Gasteiger partial charge >= 0.3 is 0 Å². The molecule has 2 N–H and O–H groups in total. The minimum Gasteiger partial charge on any atom is -0.467 e. The van der Waals surface area contributed by atoms with Gasteiger partial charge in [-0.2, -0.15) is 0 Å². The lowest BCUT2D eigenvalue weighted by Gasteiger charge is -2.24. The number of ether oxygens (including phenoxy) is 2. The molecule has 0 bridgehead atoms. The Balaban J connectivity index is 1.50. The number of benzene rings is 2. The molecule has 1 aromatic heterocycles. The van der Waals surface area contributed by atoms with Crippen molar-refractivity contribution >= 4 is 28.9 Å². The highest BCUT2D eigenvalue weighted by atomic mass is 19.1. The third-order valence-electron chi connectivity index (χ3n) is 5.17. The van der Waals surface area contributed by atoms with Gasteiger partial charge in [0, 0.05) is 22.4 Å². The van der Waals surface area contributed by atoms with Crippen LogP contribution in [0.1, 0.15) is 27.2 Å². The van der Waals surface area contributed by atoms with Crippen LogP contribution in [-0.4, -0.2) is 29.5 Å². The van der Waals surface area contributed by atoms with Crippen LogP contribution in [0.2, 0.25) is 0 Å². The van der Waals surface area contributed by atoms with Crippen molar-refractivity contribution in [2.75, 3.05) is 17.0 Å². The van der Waals surface area contributed by atoms with E-state index >= 15 is 0 Å². The molecule has 0 atom stereocenters. The lowest BCUT2D eigenvalue weighted by atomic mass is 10.1. The number of nitrogens with zero attached hydrogens (tertiary/aromatic N) is 2. The zero-order valence-corrected chi connectivity index (χ0v) is 16.5. The normalized spacial score (nSPS) is 16.0. The molecule has 32 heavy (non-hydrogen) atoms. The molecule has 0 saturated heterocycles. The number of hydrogen-bond donors (Lipinski definition) is 2. The van der Waals surface area contributed by atoms with Gasteiger partial charge < -0.3 is 29.3 Å².